The lowest BCUT2D eigenvalue weighted by Gasteiger charge is -2.20. The average molecular weight is 410 g/mol. The molecular formula is C25H31NO4. The molecule has 0 spiro atoms. The highest BCUT2D eigenvalue weighted by molar-refractivity contribution is 5.80. The molecule has 0 bridgehead atoms. The zero-order chi connectivity index (χ0) is 21.8. The van der Waals surface area contributed by atoms with Gasteiger partial charge in [0.2, 0.25) is 6.41 Å². The minimum atomic E-state index is -0.227. The molecule has 30 heavy (non-hydrogen) atoms. The minimum absolute atomic E-state index is 0.0929. The highest BCUT2D eigenvalue weighted by Crippen LogP contribution is 2.47. The van der Waals surface area contributed by atoms with Crippen LogP contribution in [0.25, 0.3) is 0 Å². The second-order valence-corrected chi connectivity index (χ2v) is 8.10. The number of anilines is 1. The Hall–Kier alpha value is -2.82. The van der Waals surface area contributed by atoms with Gasteiger partial charge in [-0.1, -0.05) is 38.1 Å². The van der Waals surface area contributed by atoms with Crippen LogP contribution in [0.5, 0.6) is 5.75 Å². The second kappa shape index (κ2) is 9.33. The van der Waals surface area contributed by atoms with Gasteiger partial charge in [0.1, 0.15) is 5.75 Å². The Morgan fingerprint density at radius 3 is 2.53 bits per heavy atom. The van der Waals surface area contributed by atoms with Gasteiger partial charge in [0, 0.05) is 29.2 Å². The van der Waals surface area contributed by atoms with Crippen LogP contribution in [0.3, 0.4) is 0 Å². The Balaban J connectivity index is 2.04. The molecule has 1 aliphatic rings. The van der Waals surface area contributed by atoms with Crippen molar-refractivity contribution in [2.24, 2.45) is 0 Å². The minimum Gasteiger partial charge on any atom is -0.492 e. The molecule has 0 saturated carbocycles. The van der Waals surface area contributed by atoms with Crippen LogP contribution in [-0.2, 0) is 20.7 Å². The van der Waals surface area contributed by atoms with Crippen LogP contribution in [0.2, 0.25) is 0 Å². The van der Waals surface area contributed by atoms with E-state index in [2.05, 4.69) is 43.4 Å². The molecule has 1 heterocycles. The second-order valence-electron chi connectivity index (χ2n) is 8.10. The van der Waals surface area contributed by atoms with Gasteiger partial charge in [-0.05, 0) is 55.4 Å². The fourth-order valence-corrected chi connectivity index (χ4v) is 4.32. The summed E-state index contributed by atoms with van der Waals surface area (Å²) in [5.41, 5.74) is 7.33. The van der Waals surface area contributed by atoms with Gasteiger partial charge < -0.3 is 14.8 Å². The van der Waals surface area contributed by atoms with Gasteiger partial charge in [0.15, 0.2) is 0 Å². The van der Waals surface area contributed by atoms with Gasteiger partial charge in [0.25, 0.3) is 0 Å². The van der Waals surface area contributed by atoms with Gasteiger partial charge >= 0.3 is 5.97 Å². The standard InChI is InChI=1S/C25H31NO4/c1-6-29-22(28)12-11-20-16(4)24(26-14-27)17(5)23-21(13-30-25(20)23)19-9-7-18(8-10-19)15(2)3/h7-10,14-15,21H,6,11-13H2,1-5H3,(H,26,27). The first-order chi connectivity index (χ1) is 14.4. The Morgan fingerprint density at radius 2 is 1.93 bits per heavy atom. The number of ether oxygens (including phenoxy) is 2. The molecule has 1 amide bonds. The first kappa shape index (κ1) is 21.9. The van der Waals surface area contributed by atoms with Crippen molar-refractivity contribution in [3.63, 3.8) is 0 Å². The summed E-state index contributed by atoms with van der Waals surface area (Å²) in [5, 5.41) is 2.87. The smallest absolute Gasteiger partial charge is 0.306 e. The van der Waals surface area contributed by atoms with Crippen LogP contribution in [0, 0.1) is 13.8 Å². The summed E-state index contributed by atoms with van der Waals surface area (Å²) >= 11 is 0. The number of hydrogen-bond donors (Lipinski definition) is 1. The fourth-order valence-electron chi connectivity index (χ4n) is 4.32. The van der Waals surface area contributed by atoms with Crippen molar-refractivity contribution >= 4 is 18.1 Å². The lowest BCUT2D eigenvalue weighted by Crippen LogP contribution is -2.10. The largest absolute Gasteiger partial charge is 0.492 e. The van der Waals surface area contributed by atoms with E-state index in [0.29, 0.717) is 32.0 Å². The van der Waals surface area contributed by atoms with Gasteiger partial charge in [0.05, 0.1) is 13.2 Å². The van der Waals surface area contributed by atoms with E-state index in [1.807, 2.05) is 13.8 Å². The number of amides is 1. The number of hydrogen-bond acceptors (Lipinski definition) is 4. The molecule has 5 heteroatoms. The van der Waals surface area contributed by atoms with E-state index < -0.39 is 0 Å². The zero-order valence-electron chi connectivity index (χ0n) is 18.5. The molecule has 0 aromatic heterocycles. The molecule has 0 radical (unpaired) electrons. The third-order valence-electron chi connectivity index (χ3n) is 5.96. The molecule has 160 valence electrons. The van der Waals surface area contributed by atoms with Crippen molar-refractivity contribution in [3.8, 4) is 5.75 Å². The van der Waals surface area contributed by atoms with E-state index in [9.17, 15) is 9.59 Å². The van der Waals surface area contributed by atoms with Crippen LogP contribution in [0.15, 0.2) is 24.3 Å². The van der Waals surface area contributed by atoms with Crippen molar-refractivity contribution in [1.29, 1.82) is 0 Å². The molecule has 1 aliphatic heterocycles. The maximum atomic E-state index is 11.9. The van der Waals surface area contributed by atoms with Gasteiger partial charge in [-0.2, -0.15) is 0 Å². The molecule has 1 atom stereocenters. The van der Waals surface area contributed by atoms with E-state index in [-0.39, 0.29) is 18.3 Å². The summed E-state index contributed by atoms with van der Waals surface area (Å²) in [6, 6.07) is 8.69. The van der Waals surface area contributed by atoms with E-state index >= 15 is 0 Å². The van der Waals surface area contributed by atoms with Gasteiger partial charge in [-0.15, -0.1) is 0 Å². The van der Waals surface area contributed by atoms with Crippen LogP contribution in [-0.4, -0.2) is 25.6 Å². The first-order valence-corrected chi connectivity index (χ1v) is 10.6. The SMILES string of the molecule is CCOC(=O)CCc1c(C)c(NC=O)c(C)c2c1OCC2c1ccc(C(C)C)cc1. The zero-order valence-corrected chi connectivity index (χ0v) is 18.5. The molecule has 0 aliphatic carbocycles. The average Bonchev–Trinajstić information content (AvgIpc) is 3.16. The van der Waals surface area contributed by atoms with Crippen LogP contribution < -0.4 is 10.1 Å². The van der Waals surface area contributed by atoms with Crippen LogP contribution >= 0.6 is 0 Å². The topological polar surface area (TPSA) is 64.6 Å². The van der Waals surface area contributed by atoms with Crippen molar-refractivity contribution in [2.45, 2.75) is 59.3 Å². The summed E-state index contributed by atoms with van der Waals surface area (Å²) in [6.07, 6.45) is 1.50. The Morgan fingerprint density at radius 1 is 1.23 bits per heavy atom. The predicted molar refractivity (Wildman–Crippen MR) is 118 cm³/mol. The van der Waals surface area contributed by atoms with Crippen molar-refractivity contribution < 1.29 is 19.1 Å². The summed E-state index contributed by atoms with van der Waals surface area (Å²) in [7, 11) is 0. The highest BCUT2D eigenvalue weighted by Gasteiger charge is 2.33. The fraction of sp³-hybridized carbons (Fsp3) is 0.440. The molecular weight excluding hydrogens is 378 g/mol. The molecule has 0 fully saturated rings. The number of benzene rings is 2. The van der Waals surface area contributed by atoms with Gasteiger partial charge in [-0.25, -0.2) is 0 Å². The number of fused-ring (bicyclic) bond motifs is 1. The van der Waals surface area contributed by atoms with E-state index in [1.54, 1.807) is 6.92 Å². The molecule has 2 aromatic rings. The third-order valence-corrected chi connectivity index (χ3v) is 5.96. The van der Waals surface area contributed by atoms with Crippen molar-refractivity contribution in [3.05, 3.63) is 57.6 Å². The highest BCUT2D eigenvalue weighted by atomic mass is 16.5. The number of carbonyl (C=O) groups excluding carboxylic acids is 2. The summed E-state index contributed by atoms with van der Waals surface area (Å²) in [5.74, 6) is 1.20. The summed E-state index contributed by atoms with van der Waals surface area (Å²) < 4.78 is 11.3. The Kier molecular flexibility index (Phi) is 6.80. The molecule has 3 rings (SSSR count). The van der Waals surface area contributed by atoms with Gasteiger partial charge in [-0.3, -0.25) is 9.59 Å². The van der Waals surface area contributed by atoms with E-state index in [4.69, 9.17) is 9.47 Å². The third kappa shape index (κ3) is 4.20. The van der Waals surface area contributed by atoms with Crippen LogP contribution in [0.4, 0.5) is 5.69 Å². The maximum Gasteiger partial charge on any atom is 0.306 e. The monoisotopic (exact) mass is 409 g/mol. The van der Waals surface area contributed by atoms with Crippen molar-refractivity contribution in [1.82, 2.24) is 0 Å². The predicted octanol–water partition coefficient (Wildman–Crippen LogP) is 5.02. The number of esters is 1. The van der Waals surface area contributed by atoms with E-state index in [1.165, 1.54) is 11.1 Å². The maximum absolute atomic E-state index is 11.9. The Bertz CT molecular complexity index is 931. The Labute approximate surface area is 178 Å². The summed E-state index contributed by atoms with van der Waals surface area (Å²) in [6.45, 7) is 11.1. The van der Waals surface area contributed by atoms with Crippen LogP contribution in [0.1, 0.15) is 72.4 Å². The molecule has 2 aromatic carbocycles. The van der Waals surface area contributed by atoms with Crippen molar-refractivity contribution in [2.75, 3.05) is 18.5 Å². The summed E-state index contributed by atoms with van der Waals surface area (Å²) in [4.78, 5) is 23.2. The lowest BCUT2D eigenvalue weighted by atomic mass is 9.84. The normalized spacial score (nSPS) is 14.9. The quantitative estimate of drug-likeness (QED) is 0.491. The lowest BCUT2D eigenvalue weighted by molar-refractivity contribution is -0.143. The molecule has 0 saturated heterocycles. The molecule has 5 nitrogen and oxygen atoms in total. The molecule has 1 unspecified atom stereocenters. The number of rotatable bonds is 8. The first-order valence-electron chi connectivity index (χ1n) is 10.6. The number of carbonyl (C=O) groups is 2. The van der Waals surface area contributed by atoms with E-state index in [0.717, 1.165) is 33.7 Å². The molecule has 1 N–H and O–H groups in total. The number of nitrogens with one attached hydrogen (secondary N) is 1.